The predicted octanol–water partition coefficient (Wildman–Crippen LogP) is 6.13. The maximum Gasteiger partial charge on any atom is 0.0980 e. The topological polar surface area (TPSA) is 20.2 Å². The van der Waals surface area contributed by atoms with Crippen LogP contribution in [-0.4, -0.2) is 22.2 Å². The van der Waals surface area contributed by atoms with E-state index in [1.807, 2.05) is 30.0 Å². The van der Waals surface area contributed by atoms with Crippen molar-refractivity contribution in [2.75, 3.05) is 11.5 Å². The lowest BCUT2D eigenvalue weighted by molar-refractivity contribution is 0.0779. The van der Waals surface area contributed by atoms with E-state index in [0.717, 1.165) is 5.75 Å². The molecule has 0 aromatic carbocycles. The summed E-state index contributed by atoms with van der Waals surface area (Å²) < 4.78 is 0. The molecule has 0 aliphatic heterocycles. The number of thioether (sulfide) groups is 1. The monoisotopic (exact) mass is 324 g/mol. The zero-order valence-corrected chi connectivity index (χ0v) is 15.5. The molecule has 128 valence electrons. The van der Waals surface area contributed by atoms with Crippen LogP contribution < -0.4 is 0 Å². The largest absolute Gasteiger partial charge is 0.384 e. The second kappa shape index (κ2) is 12.2. The standard InChI is InChI=1S/C20H36OS/c1-3-4-5-6-7-8-9-10-11-14-17-22-18-20(21)16-13-12-15-19(20)2/h12-13,15-16,19,21H,3-11,14,17-18H2,1-2H3. The first-order chi connectivity index (χ1) is 10.7. The molecule has 0 fully saturated rings. The van der Waals surface area contributed by atoms with Crippen LogP contribution in [0.5, 0.6) is 0 Å². The summed E-state index contributed by atoms with van der Waals surface area (Å²) in [5.74, 6) is 2.24. The van der Waals surface area contributed by atoms with Crippen molar-refractivity contribution in [2.45, 2.75) is 83.7 Å². The summed E-state index contributed by atoms with van der Waals surface area (Å²) in [5, 5.41) is 10.5. The molecule has 2 atom stereocenters. The summed E-state index contributed by atoms with van der Waals surface area (Å²) in [6.07, 6.45) is 22.0. The van der Waals surface area contributed by atoms with E-state index in [0.29, 0.717) is 0 Å². The van der Waals surface area contributed by atoms with Crippen LogP contribution in [0.25, 0.3) is 0 Å². The number of hydrogen-bond acceptors (Lipinski definition) is 2. The van der Waals surface area contributed by atoms with E-state index in [4.69, 9.17) is 0 Å². The van der Waals surface area contributed by atoms with Crippen molar-refractivity contribution in [1.82, 2.24) is 0 Å². The van der Waals surface area contributed by atoms with Gasteiger partial charge in [0.05, 0.1) is 5.60 Å². The summed E-state index contributed by atoms with van der Waals surface area (Å²) >= 11 is 1.90. The van der Waals surface area contributed by atoms with Gasteiger partial charge in [-0.15, -0.1) is 0 Å². The van der Waals surface area contributed by atoms with Gasteiger partial charge in [-0.25, -0.2) is 0 Å². The van der Waals surface area contributed by atoms with Crippen LogP contribution >= 0.6 is 11.8 Å². The summed E-state index contributed by atoms with van der Waals surface area (Å²) in [7, 11) is 0. The Hall–Kier alpha value is -0.210. The van der Waals surface area contributed by atoms with E-state index >= 15 is 0 Å². The minimum atomic E-state index is -0.627. The van der Waals surface area contributed by atoms with Crippen LogP contribution in [0, 0.1) is 5.92 Å². The molecule has 0 radical (unpaired) electrons. The Morgan fingerprint density at radius 1 is 0.909 bits per heavy atom. The SMILES string of the molecule is CCCCCCCCCCCCSCC1(O)C=CC=CC1C. The van der Waals surface area contributed by atoms with Crippen LogP contribution in [0.15, 0.2) is 24.3 Å². The molecule has 0 aromatic heterocycles. The van der Waals surface area contributed by atoms with E-state index in [2.05, 4.69) is 19.9 Å². The minimum absolute atomic E-state index is 0.234. The molecule has 22 heavy (non-hydrogen) atoms. The second-order valence-electron chi connectivity index (χ2n) is 6.76. The average molecular weight is 325 g/mol. The maximum atomic E-state index is 10.5. The molecule has 0 amide bonds. The second-order valence-corrected chi connectivity index (χ2v) is 7.86. The lowest BCUT2D eigenvalue weighted by Gasteiger charge is -2.31. The van der Waals surface area contributed by atoms with E-state index in [9.17, 15) is 5.11 Å². The summed E-state index contributed by atoms with van der Waals surface area (Å²) in [6.45, 7) is 4.37. The molecular weight excluding hydrogens is 288 g/mol. The van der Waals surface area contributed by atoms with Crippen molar-refractivity contribution in [3.8, 4) is 0 Å². The van der Waals surface area contributed by atoms with Gasteiger partial charge < -0.3 is 5.11 Å². The van der Waals surface area contributed by atoms with Gasteiger partial charge in [-0.2, -0.15) is 11.8 Å². The van der Waals surface area contributed by atoms with Crippen molar-refractivity contribution in [3.05, 3.63) is 24.3 Å². The first-order valence-electron chi connectivity index (χ1n) is 9.35. The molecule has 0 heterocycles. The van der Waals surface area contributed by atoms with Crippen LogP contribution in [0.3, 0.4) is 0 Å². The van der Waals surface area contributed by atoms with Gasteiger partial charge in [-0.1, -0.05) is 95.9 Å². The van der Waals surface area contributed by atoms with Crippen LogP contribution in [0.1, 0.15) is 78.1 Å². The fourth-order valence-corrected chi connectivity index (χ4v) is 4.12. The van der Waals surface area contributed by atoms with Crippen molar-refractivity contribution >= 4 is 11.8 Å². The Bertz CT molecular complexity index is 324. The lowest BCUT2D eigenvalue weighted by atomic mass is 9.87. The third-order valence-electron chi connectivity index (χ3n) is 4.66. The molecule has 2 unspecified atom stereocenters. The zero-order valence-electron chi connectivity index (χ0n) is 14.7. The predicted molar refractivity (Wildman–Crippen MR) is 102 cm³/mol. The number of allylic oxidation sites excluding steroid dienone is 2. The summed E-state index contributed by atoms with van der Waals surface area (Å²) in [5.41, 5.74) is -0.627. The fraction of sp³-hybridized carbons (Fsp3) is 0.800. The average Bonchev–Trinajstić information content (AvgIpc) is 2.51. The van der Waals surface area contributed by atoms with E-state index in [-0.39, 0.29) is 5.92 Å². The summed E-state index contributed by atoms with van der Waals surface area (Å²) in [6, 6.07) is 0. The fourth-order valence-electron chi connectivity index (χ4n) is 2.88. The van der Waals surface area contributed by atoms with E-state index < -0.39 is 5.60 Å². The van der Waals surface area contributed by atoms with Gasteiger partial charge in [0, 0.05) is 11.7 Å². The Morgan fingerprint density at radius 2 is 1.50 bits per heavy atom. The molecule has 2 heteroatoms. The normalized spacial score (nSPS) is 24.0. The number of rotatable bonds is 13. The lowest BCUT2D eigenvalue weighted by Crippen LogP contribution is -2.37. The molecule has 1 rings (SSSR count). The van der Waals surface area contributed by atoms with Crippen LogP contribution in [-0.2, 0) is 0 Å². The van der Waals surface area contributed by atoms with Gasteiger partial charge in [0.2, 0.25) is 0 Å². The highest BCUT2D eigenvalue weighted by atomic mass is 32.2. The highest BCUT2D eigenvalue weighted by molar-refractivity contribution is 7.99. The van der Waals surface area contributed by atoms with Crippen LogP contribution in [0.2, 0.25) is 0 Å². The van der Waals surface area contributed by atoms with Gasteiger partial charge in [0.25, 0.3) is 0 Å². The highest BCUT2D eigenvalue weighted by Gasteiger charge is 2.30. The van der Waals surface area contributed by atoms with Gasteiger partial charge in [-0.3, -0.25) is 0 Å². The van der Waals surface area contributed by atoms with Gasteiger partial charge >= 0.3 is 0 Å². The van der Waals surface area contributed by atoms with Crippen LogP contribution in [0.4, 0.5) is 0 Å². The third kappa shape index (κ3) is 8.43. The molecule has 0 spiro atoms. The Kier molecular flexibility index (Phi) is 11.0. The molecule has 0 saturated heterocycles. The molecule has 1 N–H and O–H groups in total. The zero-order chi connectivity index (χ0) is 16.1. The molecule has 0 aromatic rings. The Morgan fingerprint density at radius 3 is 2.09 bits per heavy atom. The molecule has 0 saturated carbocycles. The van der Waals surface area contributed by atoms with Gasteiger partial charge in [-0.05, 0) is 12.2 Å². The van der Waals surface area contributed by atoms with Crippen molar-refractivity contribution < 1.29 is 5.11 Å². The molecule has 0 bridgehead atoms. The van der Waals surface area contributed by atoms with Crippen molar-refractivity contribution in [1.29, 1.82) is 0 Å². The van der Waals surface area contributed by atoms with Crippen molar-refractivity contribution in [2.24, 2.45) is 5.92 Å². The first kappa shape index (κ1) is 19.8. The Balaban J connectivity index is 1.88. The maximum absolute atomic E-state index is 10.5. The number of aliphatic hydroxyl groups is 1. The third-order valence-corrected chi connectivity index (χ3v) is 5.90. The Labute approximate surface area is 142 Å². The molecular formula is C20H36OS. The summed E-state index contributed by atoms with van der Waals surface area (Å²) in [4.78, 5) is 0. The van der Waals surface area contributed by atoms with E-state index in [1.54, 1.807) is 0 Å². The highest BCUT2D eigenvalue weighted by Crippen LogP contribution is 2.28. The quantitative estimate of drug-likeness (QED) is 0.411. The van der Waals surface area contributed by atoms with Crippen molar-refractivity contribution in [3.63, 3.8) is 0 Å². The van der Waals surface area contributed by atoms with Gasteiger partial charge in [0.15, 0.2) is 0 Å². The minimum Gasteiger partial charge on any atom is -0.384 e. The first-order valence-corrected chi connectivity index (χ1v) is 10.5. The van der Waals surface area contributed by atoms with Gasteiger partial charge in [0.1, 0.15) is 0 Å². The molecule has 1 aliphatic carbocycles. The number of hydrogen-bond donors (Lipinski definition) is 1. The molecule has 1 aliphatic rings. The number of unbranched alkanes of at least 4 members (excludes halogenated alkanes) is 9. The smallest absolute Gasteiger partial charge is 0.0980 e. The van der Waals surface area contributed by atoms with E-state index in [1.165, 1.54) is 70.0 Å². The molecule has 1 nitrogen and oxygen atoms in total.